The van der Waals surface area contributed by atoms with Crippen LogP contribution < -0.4 is 5.32 Å². The number of thiazole rings is 1. The van der Waals surface area contributed by atoms with Gasteiger partial charge in [-0.3, -0.25) is 0 Å². The molecule has 0 aliphatic heterocycles. The van der Waals surface area contributed by atoms with Crippen LogP contribution >= 0.6 is 22.9 Å². The molecule has 0 fully saturated rings. The number of para-hydroxylation sites is 1. The molecule has 0 atom stereocenters. The van der Waals surface area contributed by atoms with E-state index >= 15 is 0 Å². The van der Waals surface area contributed by atoms with Gasteiger partial charge in [-0.1, -0.05) is 43.6 Å². The summed E-state index contributed by atoms with van der Waals surface area (Å²) in [6.45, 7) is 5.11. The summed E-state index contributed by atoms with van der Waals surface area (Å²) >= 11 is 7.37. The van der Waals surface area contributed by atoms with Gasteiger partial charge in [0, 0.05) is 5.69 Å². The number of hydrogen-bond acceptors (Lipinski definition) is 3. The Labute approximate surface area is 111 Å². The van der Waals surface area contributed by atoms with Crippen LogP contribution in [0.4, 0.5) is 5.69 Å². The number of rotatable bonds is 4. The van der Waals surface area contributed by atoms with E-state index in [9.17, 15) is 0 Å². The van der Waals surface area contributed by atoms with Crippen LogP contribution in [-0.4, -0.2) is 4.98 Å². The Hall–Kier alpha value is -1.06. The second-order valence-corrected chi connectivity index (χ2v) is 5.90. The molecule has 2 nitrogen and oxygen atoms in total. The van der Waals surface area contributed by atoms with E-state index in [4.69, 9.17) is 11.6 Å². The molecule has 17 heavy (non-hydrogen) atoms. The van der Waals surface area contributed by atoms with E-state index in [2.05, 4.69) is 42.3 Å². The molecule has 0 bridgehead atoms. The summed E-state index contributed by atoms with van der Waals surface area (Å²) in [6.07, 6.45) is 1.69. The molecule has 0 saturated heterocycles. The highest BCUT2D eigenvalue weighted by molar-refractivity contribution is 7.15. The van der Waals surface area contributed by atoms with Crippen molar-refractivity contribution in [2.45, 2.75) is 26.3 Å². The van der Waals surface area contributed by atoms with Gasteiger partial charge in [-0.2, -0.15) is 0 Å². The summed E-state index contributed by atoms with van der Waals surface area (Å²) in [4.78, 5) is 4.23. The smallest absolute Gasteiger partial charge is 0.113 e. The Morgan fingerprint density at radius 1 is 1.35 bits per heavy atom. The SMILES string of the molecule is CC(C)c1ccccc1NCc1ncc(Cl)s1. The van der Waals surface area contributed by atoms with Crippen LogP contribution in [0.25, 0.3) is 0 Å². The molecule has 0 amide bonds. The van der Waals surface area contributed by atoms with Gasteiger partial charge < -0.3 is 5.32 Å². The Morgan fingerprint density at radius 2 is 2.12 bits per heavy atom. The summed E-state index contributed by atoms with van der Waals surface area (Å²) in [5.74, 6) is 0.513. The van der Waals surface area contributed by atoms with Crippen molar-refractivity contribution in [2.75, 3.05) is 5.32 Å². The second-order valence-electron chi connectivity index (χ2n) is 4.15. The predicted octanol–water partition coefficient (Wildman–Crippen LogP) is 4.53. The van der Waals surface area contributed by atoms with Gasteiger partial charge >= 0.3 is 0 Å². The van der Waals surface area contributed by atoms with Gasteiger partial charge in [-0.15, -0.1) is 11.3 Å². The molecule has 1 heterocycles. The zero-order valence-corrected chi connectivity index (χ0v) is 11.5. The fourth-order valence-electron chi connectivity index (χ4n) is 1.70. The highest BCUT2D eigenvalue weighted by Crippen LogP contribution is 2.25. The molecule has 2 rings (SSSR count). The summed E-state index contributed by atoms with van der Waals surface area (Å²) in [6, 6.07) is 8.37. The topological polar surface area (TPSA) is 24.9 Å². The van der Waals surface area contributed by atoms with Crippen molar-refractivity contribution < 1.29 is 0 Å². The monoisotopic (exact) mass is 266 g/mol. The van der Waals surface area contributed by atoms with Crippen LogP contribution in [0.2, 0.25) is 4.34 Å². The number of nitrogens with zero attached hydrogens (tertiary/aromatic N) is 1. The van der Waals surface area contributed by atoms with Gasteiger partial charge in [-0.05, 0) is 17.5 Å². The molecular formula is C13H15ClN2S. The second kappa shape index (κ2) is 5.52. The van der Waals surface area contributed by atoms with E-state index in [1.54, 1.807) is 6.20 Å². The molecular weight excluding hydrogens is 252 g/mol. The zero-order valence-electron chi connectivity index (χ0n) is 9.90. The Kier molecular flexibility index (Phi) is 4.02. The van der Waals surface area contributed by atoms with Crippen LogP contribution in [0.1, 0.15) is 30.3 Å². The minimum atomic E-state index is 0.513. The normalized spacial score (nSPS) is 10.8. The van der Waals surface area contributed by atoms with E-state index in [0.29, 0.717) is 5.92 Å². The molecule has 1 N–H and O–H groups in total. The standard InChI is InChI=1S/C13H15ClN2S/c1-9(2)10-5-3-4-6-11(10)15-8-13-16-7-12(14)17-13/h3-7,9,15H,8H2,1-2H3. The average molecular weight is 267 g/mol. The third kappa shape index (κ3) is 3.20. The summed E-state index contributed by atoms with van der Waals surface area (Å²) in [5.41, 5.74) is 2.50. The highest BCUT2D eigenvalue weighted by Gasteiger charge is 2.06. The number of benzene rings is 1. The molecule has 4 heteroatoms. The molecule has 1 aromatic carbocycles. The van der Waals surface area contributed by atoms with Crippen LogP contribution in [-0.2, 0) is 6.54 Å². The zero-order chi connectivity index (χ0) is 12.3. The number of anilines is 1. The lowest BCUT2D eigenvalue weighted by Gasteiger charge is -2.13. The maximum Gasteiger partial charge on any atom is 0.113 e. The van der Waals surface area contributed by atoms with E-state index < -0.39 is 0 Å². The third-order valence-electron chi connectivity index (χ3n) is 2.54. The number of halogens is 1. The minimum Gasteiger partial charge on any atom is -0.378 e. The molecule has 0 aliphatic carbocycles. The molecule has 0 saturated carbocycles. The first-order valence-electron chi connectivity index (χ1n) is 5.60. The van der Waals surface area contributed by atoms with Gasteiger partial charge in [0.15, 0.2) is 0 Å². The first-order chi connectivity index (χ1) is 8.16. The molecule has 0 unspecified atom stereocenters. The van der Waals surface area contributed by atoms with Crippen molar-refractivity contribution in [3.63, 3.8) is 0 Å². The Bertz CT molecular complexity index is 494. The average Bonchev–Trinajstić information content (AvgIpc) is 2.73. The predicted molar refractivity (Wildman–Crippen MR) is 75.0 cm³/mol. The van der Waals surface area contributed by atoms with Crippen molar-refractivity contribution in [2.24, 2.45) is 0 Å². The highest BCUT2D eigenvalue weighted by atomic mass is 35.5. The van der Waals surface area contributed by atoms with E-state index in [-0.39, 0.29) is 0 Å². The molecule has 1 aromatic heterocycles. The molecule has 0 radical (unpaired) electrons. The van der Waals surface area contributed by atoms with E-state index in [1.807, 2.05) is 6.07 Å². The first-order valence-corrected chi connectivity index (χ1v) is 6.79. The molecule has 0 aliphatic rings. The van der Waals surface area contributed by atoms with E-state index in [0.717, 1.165) is 15.9 Å². The lowest BCUT2D eigenvalue weighted by molar-refractivity contribution is 0.865. The lowest BCUT2D eigenvalue weighted by Crippen LogP contribution is -2.02. The first kappa shape index (κ1) is 12.4. The summed E-state index contributed by atoms with van der Waals surface area (Å²) in [5, 5.41) is 4.42. The quantitative estimate of drug-likeness (QED) is 0.879. The molecule has 90 valence electrons. The fraction of sp³-hybridized carbons (Fsp3) is 0.308. The van der Waals surface area contributed by atoms with Crippen LogP contribution in [0.5, 0.6) is 0 Å². The minimum absolute atomic E-state index is 0.513. The number of aromatic nitrogens is 1. The maximum absolute atomic E-state index is 5.85. The van der Waals surface area contributed by atoms with Crippen LogP contribution in [0.3, 0.4) is 0 Å². The van der Waals surface area contributed by atoms with Crippen molar-refractivity contribution in [3.8, 4) is 0 Å². The number of hydrogen-bond donors (Lipinski definition) is 1. The van der Waals surface area contributed by atoms with Crippen molar-refractivity contribution >= 4 is 28.6 Å². The molecule has 0 spiro atoms. The van der Waals surface area contributed by atoms with Crippen molar-refractivity contribution in [1.82, 2.24) is 4.98 Å². The van der Waals surface area contributed by atoms with Crippen molar-refractivity contribution in [1.29, 1.82) is 0 Å². The number of nitrogens with one attached hydrogen (secondary N) is 1. The van der Waals surface area contributed by atoms with Crippen LogP contribution in [0.15, 0.2) is 30.5 Å². The molecule has 2 aromatic rings. The van der Waals surface area contributed by atoms with E-state index in [1.165, 1.54) is 22.6 Å². The Balaban J connectivity index is 2.08. The van der Waals surface area contributed by atoms with Gasteiger partial charge in [0.2, 0.25) is 0 Å². The van der Waals surface area contributed by atoms with Gasteiger partial charge in [0.25, 0.3) is 0 Å². The Morgan fingerprint density at radius 3 is 2.76 bits per heavy atom. The summed E-state index contributed by atoms with van der Waals surface area (Å²) < 4.78 is 0.735. The van der Waals surface area contributed by atoms with Crippen LogP contribution in [0, 0.1) is 0 Å². The summed E-state index contributed by atoms with van der Waals surface area (Å²) in [7, 11) is 0. The van der Waals surface area contributed by atoms with Gasteiger partial charge in [0.1, 0.15) is 9.34 Å². The van der Waals surface area contributed by atoms with Crippen molar-refractivity contribution in [3.05, 3.63) is 45.4 Å². The third-order valence-corrected chi connectivity index (χ3v) is 3.65. The van der Waals surface area contributed by atoms with Gasteiger partial charge in [-0.25, -0.2) is 4.98 Å². The fourth-order valence-corrected chi connectivity index (χ4v) is 2.60. The largest absolute Gasteiger partial charge is 0.378 e. The lowest BCUT2D eigenvalue weighted by atomic mass is 10.0. The maximum atomic E-state index is 5.85. The van der Waals surface area contributed by atoms with Gasteiger partial charge in [0.05, 0.1) is 12.7 Å².